The maximum Gasteiger partial charge on any atom is 0.315 e. The normalized spacial score (nSPS) is 32.6. The number of ether oxygens (including phenoxy) is 1. The molecule has 5 heterocycles. The Balaban J connectivity index is 1.19. The number of nitrogens with zero attached hydrogens (tertiary/aromatic N) is 3. The molecule has 0 aromatic carbocycles. The van der Waals surface area contributed by atoms with Gasteiger partial charge in [0.05, 0.1) is 25.0 Å². The Morgan fingerprint density at radius 2 is 2.09 bits per heavy atom. The molecule has 34 heavy (non-hydrogen) atoms. The molecule has 1 unspecified atom stereocenters. The van der Waals surface area contributed by atoms with E-state index in [4.69, 9.17) is 4.74 Å². The molecule has 0 aliphatic carbocycles. The van der Waals surface area contributed by atoms with Crippen LogP contribution in [0.1, 0.15) is 37.6 Å². The van der Waals surface area contributed by atoms with Crippen LogP contribution >= 0.6 is 11.8 Å². The van der Waals surface area contributed by atoms with Crippen LogP contribution in [0.4, 0.5) is 10.6 Å². The molecule has 7 N–H and O–H groups in total. The first-order chi connectivity index (χ1) is 16.4. The third kappa shape index (κ3) is 4.43. The minimum absolute atomic E-state index is 0.0532. The number of hydrogen-bond donors (Lipinski definition) is 7. The van der Waals surface area contributed by atoms with Crippen molar-refractivity contribution in [3.63, 3.8) is 0 Å². The molecule has 3 saturated heterocycles. The van der Waals surface area contributed by atoms with Crippen molar-refractivity contribution in [2.24, 2.45) is 0 Å². The summed E-state index contributed by atoms with van der Waals surface area (Å²) in [5.74, 6) is 0.932. The van der Waals surface area contributed by atoms with Crippen molar-refractivity contribution in [1.29, 1.82) is 0 Å². The molecule has 0 spiro atoms. The van der Waals surface area contributed by atoms with E-state index in [1.54, 1.807) is 0 Å². The average Bonchev–Trinajstić information content (AvgIpc) is 3.57. The van der Waals surface area contributed by atoms with Gasteiger partial charge in [0.2, 0.25) is 5.91 Å². The molecule has 13 nitrogen and oxygen atoms in total. The van der Waals surface area contributed by atoms with E-state index in [0.29, 0.717) is 23.6 Å². The third-order valence-electron chi connectivity index (χ3n) is 6.44. The molecule has 3 aliphatic heterocycles. The Morgan fingerprint density at radius 3 is 2.88 bits per heavy atom. The van der Waals surface area contributed by atoms with E-state index in [9.17, 15) is 24.9 Å². The largest absolute Gasteiger partial charge is 0.394 e. The fourth-order valence-corrected chi connectivity index (χ4v) is 6.19. The van der Waals surface area contributed by atoms with E-state index < -0.39 is 31.0 Å². The third-order valence-corrected chi connectivity index (χ3v) is 7.95. The zero-order valence-corrected chi connectivity index (χ0v) is 19.0. The van der Waals surface area contributed by atoms with Crippen molar-refractivity contribution in [2.75, 3.05) is 17.7 Å². The number of aliphatic hydroxyl groups is 3. The number of carbonyl (C=O) groups is 2. The molecule has 7 atom stereocenters. The van der Waals surface area contributed by atoms with E-state index in [1.165, 1.54) is 6.33 Å². The van der Waals surface area contributed by atoms with Crippen LogP contribution in [0, 0.1) is 0 Å². The summed E-state index contributed by atoms with van der Waals surface area (Å²) in [6.07, 6.45) is -0.493. The summed E-state index contributed by atoms with van der Waals surface area (Å²) in [6, 6.07) is 0.230. The predicted molar refractivity (Wildman–Crippen MR) is 121 cm³/mol. The molecule has 0 saturated carbocycles. The highest BCUT2D eigenvalue weighted by Crippen LogP contribution is 2.34. The van der Waals surface area contributed by atoms with Crippen molar-refractivity contribution in [3.05, 3.63) is 12.2 Å². The van der Waals surface area contributed by atoms with Gasteiger partial charge in [-0.25, -0.2) is 19.7 Å². The summed E-state index contributed by atoms with van der Waals surface area (Å²) in [5.41, 5.74) is 0.708. The van der Waals surface area contributed by atoms with E-state index in [2.05, 4.69) is 35.9 Å². The quantitative estimate of drug-likeness (QED) is 0.180. The number of nitrogens with one attached hydrogen (secondary N) is 4. The molecular weight excluding hydrogens is 466 g/mol. The first kappa shape index (κ1) is 23.2. The van der Waals surface area contributed by atoms with Gasteiger partial charge < -0.3 is 41.0 Å². The van der Waals surface area contributed by atoms with Crippen LogP contribution in [0.5, 0.6) is 0 Å². The fourth-order valence-electron chi connectivity index (χ4n) is 4.65. The van der Waals surface area contributed by atoms with Gasteiger partial charge in [-0.1, -0.05) is 6.42 Å². The zero-order valence-electron chi connectivity index (χ0n) is 18.2. The Kier molecular flexibility index (Phi) is 6.57. The summed E-state index contributed by atoms with van der Waals surface area (Å²) >= 11 is 1.84. The molecule has 5 rings (SSSR count). The second kappa shape index (κ2) is 9.62. The number of thioether (sulfide) groups is 1. The minimum Gasteiger partial charge on any atom is -0.394 e. The number of unbranched alkanes of at least 4 members (excludes halogenated alkanes) is 1. The number of rotatable bonds is 8. The summed E-state index contributed by atoms with van der Waals surface area (Å²) in [4.78, 5) is 39.7. The molecule has 0 radical (unpaired) electrons. The molecule has 2 aromatic heterocycles. The first-order valence-electron chi connectivity index (χ1n) is 11.3. The summed E-state index contributed by atoms with van der Waals surface area (Å²) in [5, 5.41) is 38.7. The van der Waals surface area contributed by atoms with Crippen molar-refractivity contribution in [3.8, 4) is 0 Å². The number of imidazole rings is 1. The van der Waals surface area contributed by atoms with E-state index in [0.717, 1.165) is 18.6 Å². The Hall–Kier alpha value is -2.52. The van der Waals surface area contributed by atoms with Gasteiger partial charge in [0.25, 0.3) is 0 Å². The standard InChI is InChI=1S/C20H27N7O6S/c28-5-9-14(30)15(31)16(33-9)19-26-17-13(21-7-22-17)18(27-19)24-11(29)4-2-1-3-10-12-8(6-34-10)23-20(32)25-12/h7-10,12,14-16,28,30-31H,1-6H2,(H2,23,25,32)(H2,21,22,24,26,27,29)/t8-,9+,10-,12-,14+,15+,16?/m0/s1. The van der Waals surface area contributed by atoms with Crippen LogP contribution in [-0.4, -0.2) is 95.2 Å². The van der Waals surface area contributed by atoms with E-state index in [1.807, 2.05) is 11.8 Å². The SMILES string of the molecule is O=C(CCCC[C@@H]1SC[C@@H]2NC(=O)N[C@@H]21)Nc1nc(C2O[C@H](CO)[C@@H](O)[C@H]2O)nc2nc[nH]c12. The minimum atomic E-state index is -1.33. The van der Waals surface area contributed by atoms with Gasteiger partial charge in [-0.15, -0.1) is 0 Å². The Labute approximate surface area is 198 Å². The smallest absolute Gasteiger partial charge is 0.315 e. The van der Waals surface area contributed by atoms with Gasteiger partial charge in [-0.3, -0.25) is 4.79 Å². The molecule has 2 aromatic rings. The fraction of sp³-hybridized carbons (Fsp3) is 0.650. The van der Waals surface area contributed by atoms with Gasteiger partial charge >= 0.3 is 6.03 Å². The highest BCUT2D eigenvalue weighted by molar-refractivity contribution is 8.00. The van der Waals surface area contributed by atoms with Gasteiger partial charge in [-0.05, 0) is 12.8 Å². The molecule has 3 fully saturated rings. The second-order valence-corrected chi connectivity index (χ2v) is 9.98. The van der Waals surface area contributed by atoms with Gasteiger partial charge in [0.15, 0.2) is 17.3 Å². The number of carbonyl (C=O) groups excluding carboxylic acids is 2. The number of aromatic amines is 1. The zero-order chi connectivity index (χ0) is 23.8. The molecule has 3 aliphatic rings. The lowest BCUT2D eigenvalue weighted by molar-refractivity contribution is -0.116. The number of amides is 3. The number of urea groups is 1. The van der Waals surface area contributed by atoms with Crippen molar-refractivity contribution in [2.45, 2.75) is 67.4 Å². The van der Waals surface area contributed by atoms with Crippen LogP contribution in [-0.2, 0) is 9.53 Å². The van der Waals surface area contributed by atoms with Crippen LogP contribution in [0.2, 0.25) is 0 Å². The van der Waals surface area contributed by atoms with Crippen LogP contribution in [0.3, 0.4) is 0 Å². The van der Waals surface area contributed by atoms with Gasteiger partial charge in [-0.2, -0.15) is 11.8 Å². The molecule has 14 heteroatoms. The molecular formula is C20H27N7O6S. The van der Waals surface area contributed by atoms with Crippen molar-refractivity contribution < 1.29 is 29.6 Å². The van der Waals surface area contributed by atoms with Crippen LogP contribution in [0.15, 0.2) is 6.33 Å². The topological polar surface area (TPSA) is 195 Å². The van der Waals surface area contributed by atoms with Gasteiger partial charge in [0.1, 0.15) is 29.9 Å². The Morgan fingerprint density at radius 1 is 1.24 bits per heavy atom. The number of fused-ring (bicyclic) bond motifs is 2. The summed E-state index contributed by atoms with van der Waals surface area (Å²) < 4.78 is 5.51. The molecule has 3 amide bonds. The lowest BCUT2D eigenvalue weighted by Gasteiger charge is -2.16. The highest BCUT2D eigenvalue weighted by atomic mass is 32.2. The molecule has 0 bridgehead atoms. The van der Waals surface area contributed by atoms with Gasteiger partial charge in [0, 0.05) is 17.4 Å². The number of aliphatic hydroxyl groups excluding tert-OH is 3. The monoisotopic (exact) mass is 493 g/mol. The number of aromatic nitrogens is 4. The van der Waals surface area contributed by atoms with E-state index in [-0.39, 0.29) is 41.3 Å². The van der Waals surface area contributed by atoms with Crippen LogP contribution < -0.4 is 16.0 Å². The number of H-pyrrole nitrogens is 1. The lowest BCUT2D eigenvalue weighted by atomic mass is 10.0. The lowest BCUT2D eigenvalue weighted by Crippen LogP contribution is -2.36. The first-order valence-corrected chi connectivity index (χ1v) is 12.3. The maximum absolute atomic E-state index is 12.6. The average molecular weight is 494 g/mol. The second-order valence-electron chi connectivity index (χ2n) is 8.71. The molecule has 184 valence electrons. The highest BCUT2D eigenvalue weighted by Gasteiger charge is 2.45. The summed E-state index contributed by atoms with van der Waals surface area (Å²) in [7, 11) is 0. The number of anilines is 1. The maximum atomic E-state index is 12.6. The number of hydrogen-bond acceptors (Lipinski definition) is 10. The Bertz CT molecular complexity index is 1070. The summed E-state index contributed by atoms with van der Waals surface area (Å²) in [6.45, 7) is -0.466. The van der Waals surface area contributed by atoms with E-state index >= 15 is 0 Å². The van der Waals surface area contributed by atoms with Crippen LogP contribution in [0.25, 0.3) is 11.2 Å². The predicted octanol–water partition coefficient (Wildman–Crippen LogP) is -0.829. The van der Waals surface area contributed by atoms with Crippen molar-refractivity contribution >= 4 is 40.7 Å². The van der Waals surface area contributed by atoms with Crippen molar-refractivity contribution in [1.82, 2.24) is 30.6 Å².